The molecule has 172 valence electrons. The summed E-state index contributed by atoms with van der Waals surface area (Å²) in [6.07, 6.45) is 3.05. The maximum atomic E-state index is 14.7. The molecule has 2 aliphatic rings. The fourth-order valence-electron chi connectivity index (χ4n) is 4.23. The molecular formula is C22H34FN5O3. The standard InChI is InChI=1S/C22H34FN5O3/c1-14(2)9-19(22(29)30)18(21-25-27-28-26-21)10-16-3-4-17(20(23)11-16)13-31-12-15-5-7-24-8-6-15/h3-4,11,14-15,18-19,24,27-28H,5-10,12-13H2,1-2H3,(H,25,26)(H,29,30)/t18-,19-/m0/s1. The Bertz CT molecular complexity index is 768. The van der Waals surface area contributed by atoms with E-state index in [1.165, 1.54) is 6.07 Å². The molecule has 0 aliphatic carbocycles. The second-order valence-electron chi connectivity index (χ2n) is 8.88. The lowest BCUT2D eigenvalue weighted by Gasteiger charge is -2.25. The van der Waals surface area contributed by atoms with Gasteiger partial charge in [0.05, 0.1) is 12.5 Å². The summed E-state index contributed by atoms with van der Waals surface area (Å²) < 4.78 is 20.5. The number of hydrogen-bond acceptors (Lipinski definition) is 7. The highest BCUT2D eigenvalue weighted by molar-refractivity contribution is 5.89. The van der Waals surface area contributed by atoms with Gasteiger partial charge >= 0.3 is 5.97 Å². The maximum Gasteiger partial charge on any atom is 0.307 e. The van der Waals surface area contributed by atoms with Crippen LogP contribution < -0.4 is 21.8 Å². The van der Waals surface area contributed by atoms with Crippen LogP contribution in [0.5, 0.6) is 0 Å². The molecule has 31 heavy (non-hydrogen) atoms. The molecule has 2 heterocycles. The molecule has 2 atom stereocenters. The summed E-state index contributed by atoms with van der Waals surface area (Å²) in [7, 11) is 0. The summed E-state index contributed by atoms with van der Waals surface area (Å²) in [6, 6.07) is 5.08. The summed E-state index contributed by atoms with van der Waals surface area (Å²) in [5.41, 5.74) is 9.39. The van der Waals surface area contributed by atoms with Crippen LogP contribution in [0.25, 0.3) is 0 Å². The Labute approximate surface area is 182 Å². The third kappa shape index (κ3) is 6.88. The number of carboxylic acids is 1. The van der Waals surface area contributed by atoms with E-state index in [9.17, 15) is 14.3 Å². The fraction of sp³-hybridized carbons (Fsp3) is 0.636. The van der Waals surface area contributed by atoms with E-state index in [1.807, 2.05) is 19.9 Å². The molecule has 0 amide bonds. The lowest BCUT2D eigenvalue weighted by Crippen LogP contribution is -2.42. The predicted octanol–water partition coefficient (Wildman–Crippen LogP) is 2.17. The van der Waals surface area contributed by atoms with Crippen molar-refractivity contribution in [1.82, 2.24) is 21.8 Å². The first-order valence-corrected chi connectivity index (χ1v) is 11.1. The molecule has 1 aromatic carbocycles. The van der Waals surface area contributed by atoms with E-state index < -0.39 is 17.8 Å². The smallest absolute Gasteiger partial charge is 0.307 e. The zero-order valence-electron chi connectivity index (χ0n) is 18.3. The van der Waals surface area contributed by atoms with Crippen molar-refractivity contribution in [2.45, 2.75) is 46.1 Å². The van der Waals surface area contributed by atoms with Crippen LogP contribution in [0, 0.1) is 29.5 Å². The molecule has 0 bridgehead atoms. The summed E-state index contributed by atoms with van der Waals surface area (Å²) in [6.45, 7) is 6.89. The largest absolute Gasteiger partial charge is 0.481 e. The molecule has 8 nitrogen and oxygen atoms in total. The van der Waals surface area contributed by atoms with Crippen molar-refractivity contribution in [2.75, 3.05) is 19.7 Å². The van der Waals surface area contributed by atoms with E-state index in [-0.39, 0.29) is 18.3 Å². The number of ether oxygens (including phenoxy) is 1. The van der Waals surface area contributed by atoms with Gasteiger partial charge in [-0.25, -0.2) is 9.93 Å². The van der Waals surface area contributed by atoms with Gasteiger partial charge in [0.15, 0.2) is 0 Å². The van der Waals surface area contributed by atoms with Gasteiger partial charge in [-0.1, -0.05) is 26.0 Å². The van der Waals surface area contributed by atoms with Crippen LogP contribution in [0.2, 0.25) is 0 Å². The third-order valence-electron chi connectivity index (χ3n) is 5.95. The molecule has 0 saturated carbocycles. The number of aliphatic carboxylic acids is 1. The number of carboxylic acid groups (broad SMARTS) is 1. The van der Waals surface area contributed by atoms with Crippen LogP contribution in [0.15, 0.2) is 23.3 Å². The molecule has 1 saturated heterocycles. The van der Waals surface area contributed by atoms with Crippen LogP contribution in [0.4, 0.5) is 4.39 Å². The van der Waals surface area contributed by atoms with Gasteiger partial charge in [-0.15, -0.1) is 10.6 Å². The SMILES string of the molecule is CC(C)C[C@H](C(=O)O)[C@H](Cc1ccc(COCC2CCNCC2)c(F)c1)C1=NNNN1. The second kappa shape index (κ2) is 11.4. The summed E-state index contributed by atoms with van der Waals surface area (Å²) in [4.78, 5) is 12.0. The zero-order valence-corrected chi connectivity index (χ0v) is 18.3. The van der Waals surface area contributed by atoms with Crippen LogP contribution in [0.1, 0.15) is 44.2 Å². The third-order valence-corrected chi connectivity index (χ3v) is 5.95. The van der Waals surface area contributed by atoms with Gasteiger partial charge in [0, 0.05) is 18.1 Å². The maximum absolute atomic E-state index is 14.7. The van der Waals surface area contributed by atoms with Gasteiger partial charge in [-0.2, -0.15) is 0 Å². The van der Waals surface area contributed by atoms with Crippen LogP contribution in [-0.4, -0.2) is 36.6 Å². The molecule has 0 unspecified atom stereocenters. The molecule has 9 heteroatoms. The van der Waals surface area contributed by atoms with Crippen LogP contribution in [0.3, 0.4) is 0 Å². The Morgan fingerprint density at radius 2 is 2.10 bits per heavy atom. The van der Waals surface area contributed by atoms with Crippen molar-refractivity contribution in [3.8, 4) is 0 Å². The Balaban J connectivity index is 1.65. The first kappa shape index (κ1) is 23.4. The average molecular weight is 436 g/mol. The molecule has 3 rings (SSSR count). The number of rotatable bonds is 11. The predicted molar refractivity (Wildman–Crippen MR) is 116 cm³/mol. The molecule has 1 fully saturated rings. The topological polar surface area (TPSA) is 107 Å². The first-order chi connectivity index (χ1) is 14.9. The Hall–Kier alpha value is -2.23. The number of halogens is 1. The lowest BCUT2D eigenvalue weighted by molar-refractivity contribution is -0.143. The minimum absolute atomic E-state index is 0.211. The second-order valence-corrected chi connectivity index (χ2v) is 8.88. The van der Waals surface area contributed by atoms with Crippen LogP contribution >= 0.6 is 0 Å². The number of amidine groups is 1. The highest BCUT2D eigenvalue weighted by Crippen LogP contribution is 2.27. The Morgan fingerprint density at radius 3 is 2.71 bits per heavy atom. The molecule has 0 spiro atoms. The van der Waals surface area contributed by atoms with E-state index in [4.69, 9.17) is 4.74 Å². The molecular weight excluding hydrogens is 401 g/mol. The van der Waals surface area contributed by atoms with E-state index >= 15 is 0 Å². The number of hydrazine groups is 2. The van der Waals surface area contributed by atoms with Gasteiger partial charge in [0.25, 0.3) is 0 Å². The fourth-order valence-corrected chi connectivity index (χ4v) is 4.23. The van der Waals surface area contributed by atoms with Crippen molar-refractivity contribution in [3.05, 3.63) is 35.1 Å². The first-order valence-electron chi connectivity index (χ1n) is 11.1. The van der Waals surface area contributed by atoms with Crippen molar-refractivity contribution < 1.29 is 19.0 Å². The van der Waals surface area contributed by atoms with E-state index in [2.05, 4.69) is 26.9 Å². The zero-order chi connectivity index (χ0) is 22.2. The minimum atomic E-state index is -0.876. The number of nitrogens with one attached hydrogen (secondary N) is 4. The van der Waals surface area contributed by atoms with Crippen molar-refractivity contribution >= 4 is 11.8 Å². The number of carbonyl (C=O) groups is 1. The van der Waals surface area contributed by atoms with Gasteiger partial charge in [0.1, 0.15) is 11.7 Å². The highest BCUT2D eigenvalue weighted by Gasteiger charge is 2.34. The highest BCUT2D eigenvalue weighted by atomic mass is 19.1. The quantitative estimate of drug-likeness (QED) is 0.363. The lowest BCUT2D eigenvalue weighted by atomic mass is 9.81. The molecule has 5 N–H and O–H groups in total. The van der Waals surface area contributed by atoms with Gasteiger partial charge < -0.3 is 15.2 Å². The van der Waals surface area contributed by atoms with E-state index in [0.717, 1.165) is 31.5 Å². The number of benzene rings is 1. The van der Waals surface area contributed by atoms with Gasteiger partial charge in [-0.05, 0) is 62.2 Å². The van der Waals surface area contributed by atoms with Crippen molar-refractivity contribution in [1.29, 1.82) is 0 Å². The minimum Gasteiger partial charge on any atom is -0.481 e. The molecule has 1 aromatic rings. The summed E-state index contributed by atoms with van der Waals surface area (Å²) in [5.74, 6) is -0.994. The summed E-state index contributed by atoms with van der Waals surface area (Å²) >= 11 is 0. The van der Waals surface area contributed by atoms with E-state index in [0.29, 0.717) is 36.8 Å². The normalized spacial score (nSPS) is 18.9. The number of hydrogen-bond donors (Lipinski definition) is 5. The van der Waals surface area contributed by atoms with Crippen molar-refractivity contribution in [2.24, 2.45) is 28.8 Å². The molecule has 2 aliphatic heterocycles. The Morgan fingerprint density at radius 1 is 1.32 bits per heavy atom. The monoisotopic (exact) mass is 435 g/mol. The van der Waals surface area contributed by atoms with Crippen LogP contribution in [-0.2, 0) is 22.6 Å². The average Bonchev–Trinajstić information content (AvgIpc) is 3.27. The number of hydrazone groups is 1. The number of nitrogens with zero attached hydrogens (tertiary/aromatic N) is 1. The molecule has 0 aromatic heterocycles. The Kier molecular flexibility index (Phi) is 8.62. The summed E-state index contributed by atoms with van der Waals surface area (Å²) in [5, 5.41) is 17.3. The van der Waals surface area contributed by atoms with Crippen molar-refractivity contribution in [3.63, 3.8) is 0 Å². The van der Waals surface area contributed by atoms with Gasteiger partial charge in [-0.3, -0.25) is 10.2 Å². The number of piperidine rings is 1. The van der Waals surface area contributed by atoms with Gasteiger partial charge in [0.2, 0.25) is 0 Å². The molecule has 0 radical (unpaired) electrons. The van der Waals surface area contributed by atoms with E-state index in [1.54, 1.807) is 6.07 Å².